The third-order valence-corrected chi connectivity index (χ3v) is 2.49. The van der Waals surface area contributed by atoms with Crippen LogP contribution in [-0.4, -0.2) is 25.7 Å². The van der Waals surface area contributed by atoms with E-state index in [1.165, 1.54) is 11.3 Å². The Balaban J connectivity index is 2.10. The highest BCUT2D eigenvalue weighted by Gasteiger charge is 2.04. The predicted octanol–water partition coefficient (Wildman–Crippen LogP) is 2.07. The normalized spacial score (nSPS) is 9.93. The van der Waals surface area contributed by atoms with E-state index in [0.717, 1.165) is 10.5 Å². The van der Waals surface area contributed by atoms with Crippen LogP contribution < -0.4 is 5.32 Å². The van der Waals surface area contributed by atoms with Crippen LogP contribution >= 0.6 is 11.3 Å². The van der Waals surface area contributed by atoms with Gasteiger partial charge in [0, 0.05) is 6.54 Å². The van der Waals surface area contributed by atoms with Crippen molar-refractivity contribution in [3.63, 3.8) is 0 Å². The van der Waals surface area contributed by atoms with Gasteiger partial charge in [0.25, 0.3) is 5.91 Å². The molecule has 0 spiro atoms. The van der Waals surface area contributed by atoms with Crippen molar-refractivity contribution in [2.75, 3.05) is 19.8 Å². The van der Waals surface area contributed by atoms with E-state index < -0.39 is 0 Å². The van der Waals surface area contributed by atoms with E-state index >= 15 is 0 Å². The quantitative estimate of drug-likeness (QED) is 0.594. The van der Waals surface area contributed by atoms with Gasteiger partial charge in [0.15, 0.2) is 0 Å². The second kappa shape index (κ2) is 6.37. The number of rotatable bonds is 6. The predicted molar refractivity (Wildman–Crippen MR) is 62.3 cm³/mol. The highest BCUT2D eigenvalue weighted by molar-refractivity contribution is 7.12. The highest BCUT2D eigenvalue weighted by atomic mass is 32.1. The second-order valence-electron chi connectivity index (χ2n) is 3.24. The van der Waals surface area contributed by atoms with Gasteiger partial charge in [0.2, 0.25) is 0 Å². The van der Waals surface area contributed by atoms with E-state index in [-0.39, 0.29) is 5.91 Å². The van der Waals surface area contributed by atoms with Crippen LogP contribution in [0.3, 0.4) is 0 Å². The summed E-state index contributed by atoms with van der Waals surface area (Å²) in [5, 5.41) is 4.66. The SMILES string of the molecule is C=C(C)COCCNC(=O)c1cccs1. The van der Waals surface area contributed by atoms with E-state index in [1.807, 2.05) is 18.4 Å². The summed E-state index contributed by atoms with van der Waals surface area (Å²) >= 11 is 1.43. The summed E-state index contributed by atoms with van der Waals surface area (Å²) in [5.74, 6) is -0.0380. The molecule has 0 aliphatic carbocycles. The number of hydrogen-bond acceptors (Lipinski definition) is 3. The fraction of sp³-hybridized carbons (Fsp3) is 0.364. The number of nitrogens with one attached hydrogen (secondary N) is 1. The molecule has 0 aliphatic rings. The van der Waals surface area contributed by atoms with Crippen LogP contribution in [0.2, 0.25) is 0 Å². The van der Waals surface area contributed by atoms with Gasteiger partial charge in [-0.1, -0.05) is 18.2 Å². The van der Waals surface area contributed by atoms with Crippen molar-refractivity contribution in [1.82, 2.24) is 5.32 Å². The Morgan fingerprint density at radius 1 is 1.67 bits per heavy atom. The summed E-state index contributed by atoms with van der Waals surface area (Å²) in [6.45, 7) is 7.22. The molecule has 0 aliphatic heterocycles. The zero-order valence-electron chi connectivity index (χ0n) is 8.79. The van der Waals surface area contributed by atoms with Crippen LogP contribution in [0.4, 0.5) is 0 Å². The first kappa shape index (κ1) is 11.9. The number of thiophene rings is 1. The molecule has 1 amide bonds. The first-order chi connectivity index (χ1) is 7.20. The lowest BCUT2D eigenvalue weighted by atomic mass is 10.4. The van der Waals surface area contributed by atoms with Crippen molar-refractivity contribution < 1.29 is 9.53 Å². The summed E-state index contributed by atoms with van der Waals surface area (Å²) in [7, 11) is 0. The van der Waals surface area contributed by atoms with Crippen molar-refractivity contribution >= 4 is 17.2 Å². The van der Waals surface area contributed by atoms with Crippen molar-refractivity contribution in [2.24, 2.45) is 0 Å². The van der Waals surface area contributed by atoms with E-state index in [9.17, 15) is 4.79 Å². The first-order valence-electron chi connectivity index (χ1n) is 4.74. The van der Waals surface area contributed by atoms with Gasteiger partial charge >= 0.3 is 0 Å². The van der Waals surface area contributed by atoms with E-state index in [4.69, 9.17) is 4.74 Å². The second-order valence-corrected chi connectivity index (χ2v) is 4.19. The third-order valence-electron chi connectivity index (χ3n) is 1.63. The minimum Gasteiger partial charge on any atom is -0.375 e. The van der Waals surface area contributed by atoms with E-state index in [0.29, 0.717) is 19.8 Å². The minimum absolute atomic E-state index is 0.0380. The number of hydrogen-bond donors (Lipinski definition) is 1. The third kappa shape index (κ3) is 4.76. The molecule has 82 valence electrons. The van der Waals surface area contributed by atoms with E-state index in [2.05, 4.69) is 11.9 Å². The summed E-state index contributed by atoms with van der Waals surface area (Å²) in [6.07, 6.45) is 0. The molecule has 1 N–H and O–H groups in total. The number of ether oxygens (including phenoxy) is 1. The number of carbonyl (C=O) groups excluding carboxylic acids is 1. The highest BCUT2D eigenvalue weighted by Crippen LogP contribution is 2.07. The van der Waals surface area contributed by atoms with E-state index in [1.54, 1.807) is 6.07 Å². The topological polar surface area (TPSA) is 38.3 Å². The standard InChI is InChI=1S/C11H15NO2S/c1-9(2)8-14-6-5-12-11(13)10-4-3-7-15-10/h3-4,7H,1,5-6,8H2,2H3,(H,12,13). The lowest BCUT2D eigenvalue weighted by molar-refractivity contribution is 0.0931. The molecular formula is C11H15NO2S. The van der Waals surface area contributed by atoms with Crippen molar-refractivity contribution in [1.29, 1.82) is 0 Å². The fourth-order valence-corrected chi connectivity index (χ4v) is 1.62. The molecule has 1 aromatic heterocycles. The molecule has 1 rings (SSSR count). The molecule has 0 aromatic carbocycles. The molecule has 3 nitrogen and oxygen atoms in total. The Hall–Kier alpha value is -1.13. The smallest absolute Gasteiger partial charge is 0.261 e. The molecule has 4 heteroatoms. The molecule has 1 aromatic rings. The van der Waals surface area contributed by atoms with Crippen LogP contribution in [0.15, 0.2) is 29.7 Å². The maximum absolute atomic E-state index is 11.4. The summed E-state index contributed by atoms with van der Waals surface area (Å²) in [5.41, 5.74) is 0.986. The van der Waals surface area contributed by atoms with Crippen LogP contribution in [-0.2, 0) is 4.74 Å². The fourth-order valence-electron chi connectivity index (χ4n) is 0.978. The molecule has 0 fully saturated rings. The van der Waals surface area contributed by atoms with Gasteiger partial charge < -0.3 is 10.1 Å². The van der Waals surface area contributed by atoms with Gasteiger partial charge in [-0.05, 0) is 18.4 Å². The largest absolute Gasteiger partial charge is 0.375 e. The Morgan fingerprint density at radius 3 is 3.07 bits per heavy atom. The number of amides is 1. The maximum atomic E-state index is 11.4. The van der Waals surface area contributed by atoms with Gasteiger partial charge in [-0.25, -0.2) is 0 Å². The minimum atomic E-state index is -0.0380. The van der Waals surface area contributed by atoms with Gasteiger partial charge in [0.05, 0.1) is 18.1 Å². The molecule has 0 unspecified atom stereocenters. The van der Waals surface area contributed by atoms with Crippen LogP contribution in [0.1, 0.15) is 16.6 Å². The molecule has 0 bridgehead atoms. The number of carbonyl (C=O) groups is 1. The molecule has 0 saturated heterocycles. The summed E-state index contributed by atoms with van der Waals surface area (Å²) in [4.78, 5) is 12.2. The molecule has 15 heavy (non-hydrogen) atoms. The maximum Gasteiger partial charge on any atom is 0.261 e. The average Bonchev–Trinajstić information content (AvgIpc) is 2.69. The lowest BCUT2D eigenvalue weighted by Crippen LogP contribution is -2.26. The monoisotopic (exact) mass is 225 g/mol. The zero-order chi connectivity index (χ0) is 11.1. The van der Waals surface area contributed by atoms with Gasteiger partial charge in [0.1, 0.15) is 0 Å². The van der Waals surface area contributed by atoms with Crippen LogP contribution in [0.25, 0.3) is 0 Å². The summed E-state index contributed by atoms with van der Waals surface area (Å²) in [6, 6.07) is 3.66. The van der Waals surface area contributed by atoms with Gasteiger partial charge in [-0.15, -0.1) is 11.3 Å². The molecular weight excluding hydrogens is 210 g/mol. The van der Waals surface area contributed by atoms with Crippen molar-refractivity contribution in [3.8, 4) is 0 Å². The van der Waals surface area contributed by atoms with Gasteiger partial charge in [-0.2, -0.15) is 0 Å². The Labute approximate surface area is 93.8 Å². The molecule has 0 atom stereocenters. The summed E-state index contributed by atoms with van der Waals surface area (Å²) < 4.78 is 5.25. The van der Waals surface area contributed by atoms with Crippen LogP contribution in [0.5, 0.6) is 0 Å². The Morgan fingerprint density at radius 2 is 2.47 bits per heavy atom. The average molecular weight is 225 g/mol. The van der Waals surface area contributed by atoms with Crippen LogP contribution in [0, 0.1) is 0 Å². The Kier molecular flexibility index (Phi) is 5.07. The first-order valence-corrected chi connectivity index (χ1v) is 5.62. The van der Waals surface area contributed by atoms with Crippen molar-refractivity contribution in [2.45, 2.75) is 6.92 Å². The zero-order valence-corrected chi connectivity index (χ0v) is 9.60. The molecule has 0 radical (unpaired) electrons. The molecule has 0 saturated carbocycles. The Bertz CT molecular complexity index is 319. The lowest BCUT2D eigenvalue weighted by Gasteiger charge is -2.04. The van der Waals surface area contributed by atoms with Gasteiger partial charge in [-0.3, -0.25) is 4.79 Å². The molecule has 1 heterocycles. The van der Waals surface area contributed by atoms with Crippen molar-refractivity contribution in [3.05, 3.63) is 34.5 Å².